The Bertz CT molecular complexity index is 1290. The third-order valence-corrected chi connectivity index (χ3v) is 6.84. The highest BCUT2D eigenvalue weighted by atomic mass is 32.2. The Balaban J connectivity index is 1.53. The minimum Gasteiger partial charge on any atom is -0.493 e. The molecule has 0 atom stereocenters. The molecule has 0 unspecified atom stereocenters. The highest BCUT2D eigenvalue weighted by Crippen LogP contribution is 2.30. The van der Waals surface area contributed by atoms with Crippen molar-refractivity contribution < 1.29 is 22.7 Å². The third kappa shape index (κ3) is 7.16. The van der Waals surface area contributed by atoms with E-state index in [1.54, 1.807) is 42.7 Å². The molecule has 0 saturated carbocycles. The maximum absolute atomic E-state index is 12.7. The average Bonchev–Trinajstić information content (AvgIpc) is 2.86. The van der Waals surface area contributed by atoms with Crippen LogP contribution in [0.2, 0.25) is 0 Å². The van der Waals surface area contributed by atoms with Crippen LogP contribution in [0.5, 0.6) is 11.5 Å². The fraction of sp³-hybridized carbons (Fsp3) is 0.167. The molecule has 0 spiro atoms. The molecular weight excluding hydrogens is 474 g/mol. The molecule has 176 valence electrons. The summed E-state index contributed by atoms with van der Waals surface area (Å²) in [4.78, 5) is 16.9. The molecule has 3 aromatic rings. The molecule has 0 saturated heterocycles. The number of carbonyl (C=O) groups is 1. The second-order valence-corrected chi connectivity index (χ2v) is 9.48. The van der Waals surface area contributed by atoms with Crippen molar-refractivity contribution in [2.45, 2.75) is 9.79 Å². The first-order chi connectivity index (χ1) is 16.4. The number of methoxy groups -OCH3 is 2. The highest BCUT2D eigenvalue weighted by Gasteiger charge is 2.15. The molecule has 2 aromatic carbocycles. The normalized spacial score (nSPS) is 10.5. The van der Waals surface area contributed by atoms with Crippen molar-refractivity contribution in [3.63, 3.8) is 0 Å². The number of pyridine rings is 1. The van der Waals surface area contributed by atoms with Gasteiger partial charge in [0, 0.05) is 28.9 Å². The maximum Gasteiger partial charge on any atom is 0.261 e. The van der Waals surface area contributed by atoms with Crippen LogP contribution in [0.1, 0.15) is 5.56 Å². The molecule has 1 aromatic heterocycles. The van der Waals surface area contributed by atoms with Gasteiger partial charge in [0.2, 0.25) is 5.91 Å². The van der Waals surface area contributed by atoms with Crippen molar-refractivity contribution in [1.29, 1.82) is 0 Å². The van der Waals surface area contributed by atoms with Crippen molar-refractivity contribution in [1.82, 2.24) is 10.3 Å². The summed E-state index contributed by atoms with van der Waals surface area (Å²) < 4.78 is 38.3. The first kappa shape index (κ1) is 25.0. The Hall–Kier alpha value is -3.68. The third-order valence-electron chi connectivity index (χ3n) is 4.43. The Kier molecular flexibility index (Phi) is 8.79. The molecule has 0 bridgehead atoms. The minimum absolute atomic E-state index is 0.0919. The summed E-state index contributed by atoms with van der Waals surface area (Å²) in [5.74, 6) is 6.83. The number of rotatable bonds is 9. The number of thioether (sulfide) groups is 1. The lowest BCUT2D eigenvalue weighted by atomic mass is 10.2. The number of hydrogen-bond donors (Lipinski definition) is 2. The van der Waals surface area contributed by atoms with E-state index >= 15 is 0 Å². The van der Waals surface area contributed by atoms with E-state index in [1.165, 1.54) is 38.1 Å². The van der Waals surface area contributed by atoms with E-state index in [4.69, 9.17) is 9.47 Å². The van der Waals surface area contributed by atoms with Crippen LogP contribution >= 0.6 is 11.8 Å². The van der Waals surface area contributed by atoms with Crippen LogP contribution in [0.3, 0.4) is 0 Å². The van der Waals surface area contributed by atoms with Crippen molar-refractivity contribution in [2.24, 2.45) is 0 Å². The molecule has 2 N–H and O–H groups in total. The molecule has 10 heteroatoms. The summed E-state index contributed by atoms with van der Waals surface area (Å²) in [5, 5.41) is 2.73. The van der Waals surface area contributed by atoms with E-state index in [1.807, 2.05) is 12.1 Å². The van der Waals surface area contributed by atoms with Crippen molar-refractivity contribution >= 4 is 33.4 Å². The molecule has 34 heavy (non-hydrogen) atoms. The van der Waals surface area contributed by atoms with Gasteiger partial charge in [0.1, 0.15) is 0 Å². The van der Waals surface area contributed by atoms with Gasteiger partial charge >= 0.3 is 0 Å². The Morgan fingerprint density at radius 2 is 1.71 bits per heavy atom. The van der Waals surface area contributed by atoms with Gasteiger partial charge < -0.3 is 14.8 Å². The van der Waals surface area contributed by atoms with E-state index in [9.17, 15) is 13.2 Å². The summed E-state index contributed by atoms with van der Waals surface area (Å²) >= 11 is 1.41. The molecular formula is C24H23N3O5S2. The van der Waals surface area contributed by atoms with Crippen LogP contribution in [-0.2, 0) is 14.8 Å². The second-order valence-electron chi connectivity index (χ2n) is 6.75. The van der Waals surface area contributed by atoms with Gasteiger partial charge in [-0.05, 0) is 48.5 Å². The molecule has 3 rings (SSSR count). The van der Waals surface area contributed by atoms with Crippen molar-refractivity contribution in [2.75, 3.05) is 31.2 Å². The lowest BCUT2D eigenvalue weighted by molar-refractivity contribution is -0.118. The van der Waals surface area contributed by atoms with Gasteiger partial charge in [-0.25, -0.2) is 8.42 Å². The smallest absolute Gasteiger partial charge is 0.261 e. The zero-order valence-electron chi connectivity index (χ0n) is 18.6. The molecule has 1 heterocycles. The second kappa shape index (κ2) is 12.0. The molecule has 0 aliphatic carbocycles. The van der Waals surface area contributed by atoms with Crippen LogP contribution in [0.15, 0.2) is 76.8 Å². The van der Waals surface area contributed by atoms with Gasteiger partial charge in [0.25, 0.3) is 10.0 Å². The van der Waals surface area contributed by atoms with E-state index in [-0.39, 0.29) is 23.1 Å². The summed E-state index contributed by atoms with van der Waals surface area (Å²) in [6.07, 6.45) is 3.35. The van der Waals surface area contributed by atoms with Gasteiger partial charge in [0.05, 0.1) is 37.1 Å². The van der Waals surface area contributed by atoms with Gasteiger partial charge in [0.15, 0.2) is 11.5 Å². The van der Waals surface area contributed by atoms with Gasteiger partial charge in [-0.1, -0.05) is 11.8 Å². The number of nitrogens with one attached hydrogen (secondary N) is 2. The number of sulfonamides is 1. The molecule has 0 radical (unpaired) electrons. The van der Waals surface area contributed by atoms with Gasteiger partial charge in [-0.15, -0.1) is 11.8 Å². The predicted molar refractivity (Wildman–Crippen MR) is 132 cm³/mol. The number of benzene rings is 2. The fourth-order valence-electron chi connectivity index (χ4n) is 2.75. The quantitative estimate of drug-likeness (QED) is 0.345. The van der Waals surface area contributed by atoms with Crippen LogP contribution in [0, 0.1) is 11.8 Å². The standard InChI is InChI=1S/C24H23N3O5S2/c1-31-22-10-7-19(16-23(22)32-2)27-34(29,30)21-8-5-18(6-9-21)4-3-13-26-24(28)17-33-20-11-14-25-15-12-20/h5-12,14-16,27H,13,17H2,1-2H3,(H,26,28). The van der Waals surface area contributed by atoms with Crippen LogP contribution in [0.25, 0.3) is 0 Å². The Morgan fingerprint density at radius 3 is 2.38 bits per heavy atom. The molecule has 0 fully saturated rings. The van der Waals surface area contributed by atoms with Crippen LogP contribution < -0.4 is 19.5 Å². The first-order valence-corrected chi connectivity index (χ1v) is 12.5. The van der Waals surface area contributed by atoms with E-state index in [0.717, 1.165) is 4.90 Å². The molecule has 8 nitrogen and oxygen atoms in total. The fourth-order valence-corrected chi connectivity index (χ4v) is 4.52. The van der Waals surface area contributed by atoms with Gasteiger partial charge in [-0.3, -0.25) is 14.5 Å². The number of amides is 1. The Labute approximate surface area is 203 Å². The lowest BCUT2D eigenvalue weighted by Crippen LogP contribution is -2.25. The van der Waals surface area contributed by atoms with E-state index in [2.05, 4.69) is 26.9 Å². The minimum atomic E-state index is -3.80. The largest absolute Gasteiger partial charge is 0.493 e. The van der Waals surface area contributed by atoms with Crippen LogP contribution in [-0.4, -0.2) is 45.8 Å². The zero-order chi connectivity index (χ0) is 24.4. The molecule has 0 aliphatic rings. The zero-order valence-corrected chi connectivity index (χ0v) is 20.2. The number of anilines is 1. The van der Waals surface area contributed by atoms with E-state index < -0.39 is 10.0 Å². The average molecular weight is 498 g/mol. The topological polar surface area (TPSA) is 107 Å². The number of hydrogen-bond acceptors (Lipinski definition) is 7. The molecule has 0 aliphatic heterocycles. The SMILES string of the molecule is COc1ccc(NS(=O)(=O)c2ccc(C#CCNC(=O)CSc3ccncc3)cc2)cc1OC. The Morgan fingerprint density at radius 1 is 1.00 bits per heavy atom. The summed E-state index contributed by atoms with van der Waals surface area (Å²) in [6.45, 7) is 0.191. The summed E-state index contributed by atoms with van der Waals surface area (Å²) in [6, 6.07) is 14.6. The summed E-state index contributed by atoms with van der Waals surface area (Å²) in [7, 11) is -0.820. The molecule has 1 amide bonds. The monoisotopic (exact) mass is 497 g/mol. The highest BCUT2D eigenvalue weighted by molar-refractivity contribution is 8.00. The van der Waals surface area contributed by atoms with Gasteiger partial charge in [-0.2, -0.15) is 0 Å². The maximum atomic E-state index is 12.7. The number of carbonyl (C=O) groups excluding carboxylic acids is 1. The van der Waals surface area contributed by atoms with Crippen LogP contribution in [0.4, 0.5) is 5.69 Å². The summed E-state index contributed by atoms with van der Waals surface area (Å²) in [5.41, 5.74) is 0.977. The van der Waals surface area contributed by atoms with E-state index in [0.29, 0.717) is 22.7 Å². The van der Waals surface area contributed by atoms with Crippen molar-refractivity contribution in [3.8, 4) is 23.3 Å². The first-order valence-electron chi connectivity index (χ1n) is 10.0. The van der Waals surface area contributed by atoms with Crippen molar-refractivity contribution in [3.05, 3.63) is 72.6 Å². The predicted octanol–water partition coefficient (Wildman–Crippen LogP) is 3.16. The lowest BCUT2D eigenvalue weighted by Gasteiger charge is -2.12. The number of aromatic nitrogens is 1. The number of ether oxygens (including phenoxy) is 2. The number of nitrogens with zero attached hydrogens (tertiary/aromatic N) is 1.